The minimum Gasteiger partial charge on any atom is -0.391 e. The van der Waals surface area contributed by atoms with Crippen molar-refractivity contribution in [1.29, 1.82) is 0 Å². The van der Waals surface area contributed by atoms with Gasteiger partial charge in [0.1, 0.15) is 6.61 Å². The normalized spacial score (nSPS) is 10.6. The Morgan fingerprint density at radius 1 is 1.55 bits per heavy atom. The Labute approximate surface area is 71.3 Å². The van der Waals surface area contributed by atoms with Crippen LogP contribution in [0, 0.1) is 11.8 Å². The van der Waals surface area contributed by atoms with Crippen molar-refractivity contribution < 1.29 is 10.2 Å². The van der Waals surface area contributed by atoms with Crippen molar-refractivity contribution in [2.24, 2.45) is 0 Å². The molecule has 62 valence electrons. The maximum atomic E-state index is 8.74. The zero-order chi connectivity index (χ0) is 8.53. The summed E-state index contributed by atoms with van der Waals surface area (Å²) >= 11 is 1.55. The van der Waals surface area contributed by atoms with Gasteiger partial charge in [-0.2, -0.15) is 0 Å². The maximum absolute atomic E-state index is 8.74. The zero-order valence-corrected chi connectivity index (χ0v) is 7.32. The van der Waals surface area contributed by atoms with Crippen LogP contribution in [0.5, 0.6) is 0 Å². The maximum Gasteiger partial charge on any atom is 0.104 e. The molecular weight excluding hydrogens is 160 g/mol. The molecule has 0 aliphatic heterocycles. The summed E-state index contributed by atoms with van der Waals surface area (Å²) in [6, 6.07) is 0. The van der Waals surface area contributed by atoms with Gasteiger partial charge in [0, 0.05) is 11.0 Å². The molecule has 0 aromatic carbocycles. The highest BCUT2D eigenvalue weighted by Crippen LogP contribution is 2.12. The first-order valence-corrected chi connectivity index (χ1v) is 4.35. The van der Waals surface area contributed by atoms with Gasteiger partial charge in [-0.3, -0.25) is 0 Å². The Balaban J connectivity index is 3.89. The molecule has 0 atom stereocenters. The van der Waals surface area contributed by atoms with Gasteiger partial charge in [0.25, 0.3) is 0 Å². The van der Waals surface area contributed by atoms with Crippen molar-refractivity contribution in [2.45, 2.75) is 6.92 Å². The highest BCUT2D eigenvalue weighted by atomic mass is 32.2. The van der Waals surface area contributed by atoms with E-state index in [1.165, 1.54) is 0 Å². The minimum absolute atomic E-state index is 0.0264. The van der Waals surface area contributed by atoms with E-state index in [1.807, 2.05) is 6.92 Å². The molecular formula is C8H12O2S. The number of allylic oxidation sites excluding steroid dienone is 1. The molecule has 3 heteroatoms. The molecule has 0 aromatic rings. The molecule has 0 heterocycles. The van der Waals surface area contributed by atoms with E-state index in [0.29, 0.717) is 0 Å². The second-order valence-electron chi connectivity index (χ2n) is 1.68. The molecule has 0 aliphatic carbocycles. The summed E-state index contributed by atoms with van der Waals surface area (Å²) in [5.74, 6) is 6.03. The van der Waals surface area contributed by atoms with Gasteiger partial charge in [-0.25, -0.2) is 0 Å². The van der Waals surface area contributed by atoms with E-state index in [9.17, 15) is 0 Å². The standard InChI is InChI=1S/C8H12O2S/c1-2-11-8(7-10)5-3-4-6-9/h5,9-10H,2,6-7H2,1H3/b8-5+. The highest BCUT2D eigenvalue weighted by Gasteiger charge is 1.90. The van der Waals surface area contributed by atoms with Crippen molar-refractivity contribution in [1.82, 2.24) is 0 Å². The van der Waals surface area contributed by atoms with Gasteiger partial charge < -0.3 is 10.2 Å². The Hall–Kier alpha value is -0.430. The lowest BCUT2D eigenvalue weighted by Gasteiger charge is -1.96. The van der Waals surface area contributed by atoms with E-state index in [1.54, 1.807) is 17.8 Å². The summed E-state index contributed by atoms with van der Waals surface area (Å²) in [6.07, 6.45) is 1.63. The van der Waals surface area contributed by atoms with Gasteiger partial charge in [-0.1, -0.05) is 18.8 Å². The van der Waals surface area contributed by atoms with Crippen molar-refractivity contribution in [3.8, 4) is 11.8 Å². The van der Waals surface area contributed by atoms with Crippen LogP contribution in [-0.4, -0.2) is 29.2 Å². The smallest absolute Gasteiger partial charge is 0.104 e. The Kier molecular flexibility index (Phi) is 7.37. The predicted molar refractivity (Wildman–Crippen MR) is 48.2 cm³/mol. The molecule has 0 amide bonds. The lowest BCUT2D eigenvalue weighted by atomic mass is 10.5. The molecule has 0 aliphatic rings. The molecule has 0 rings (SSSR count). The summed E-state index contributed by atoms with van der Waals surface area (Å²) in [6.45, 7) is 1.90. The van der Waals surface area contributed by atoms with Crippen LogP contribution >= 0.6 is 11.8 Å². The fourth-order valence-corrected chi connectivity index (χ4v) is 1.10. The van der Waals surface area contributed by atoms with Crippen molar-refractivity contribution in [3.63, 3.8) is 0 Å². The molecule has 0 aromatic heterocycles. The topological polar surface area (TPSA) is 40.5 Å². The van der Waals surface area contributed by atoms with Gasteiger partial charge in [-0.15, -0.1) is 11.8 Å². The molecule has 0 bridgehead atoms. The van der Waals surface area contributed by atoms with E-state index >= 15 is 0 Å². The lowest BCUT2D eigenvalue weighted by molar-refractivity contribution is 0.339. The molecule has 0 saturated heterocycles. The van der Waals surface area contributed by atoms with Crippen molar-refractivity contribution in [3.05, 3.63) is 11.0 Å². The Bertz CT molecular complexity index is 176. The third-order valence-electron chi connectivity index (χ3n) is 0.900. The van der Waals surface area contributed by atoms with Crippen molar-refractivity contribution in [2.75, 3.05) is 19.0 Å². The van der Waals surface area contributed by atoms with E-state index in [4.69, 9.17) is 10.2 Å². The monoisotopic (exact) mass is 172 g/mol. The van der Waals surface area contributed by atoms with E-state index < -0.39 is 0 Å². The van der Waals surface area contributed by atoms with Crippen LogP contribution in [0.2, 0.25) is 0 Å². The number of rotatable bonds is 3. The number of aliphatic hydroxyl groups is 2. The van der Waals surface area contributed by atoms with Gasteiger partial charge in [0.15, 0.2) is 0 Å². The SMILES string of the molecule is CCS/C(=C/C#CCO)CO. The van der Waals surface area contributed by atoms with E-state index in [-0.39, 0.29) is 13.2 Å². The van der Waals surface area contributed by atoms with Crippen LogP contribution in [0.3, 0.4) is 0 Å². The first-order valence-electron chi connectivity index (χ1n) is 3.37. The first-order chi connectivity index (χ1) is 5.35. The summed E-state index contributed by atoms with van der Waals surface area (Å²) in [5.41, 5.74) is 0. The van der Waals surface area contributed by atoms with E-state index in [0.717, 1.165) is 10.7 Å². The van der Waals surface area contributed by atoms with Crippen LogP contribution < -0.4 is 0 Å². The average Bonchev–Trinajstić information content (AvgIpc) is 2.03. The third-order valence-corrected chi connectivity index (χ3v) is 1.81. The lowest BCUT2D eigenvalue weighted by Crippen LogP contribution is -1.84. The molecule has 0 spiro atoms. The largest absolute Gasteiger partial charge is 0.391 e. The second-order valence-corrected chi connectivity index (χ2v) is 3.07. The van der Waals surface area contributed by atoms with Gasteiger partial charge in [-0.05, 0) is 5.75 Å². The van der Waals surface area contributed by atoms with Gasteiger partial charge in [0.2, 0.25) is 0 Å². The van der Waals surface area contributed by atoms with Crippen LogP contribution in [-0.2, 0) is 0 Å². The summed E-state index contributed by atoms with van der Waals surface area (Å²) in [4.78, 5) is 0.841. The Morgan fingerprint density at radius 3 is 2.73 bits per heavy atom. The van der Waals surface area contributed by atoms with Crippen LogP contribution in [0.4, 0.5) is 0 Å². The number of hydrogen-bond acceptors (Lipinski definition) is 3. The fourth-order valence-electron chi connectivity index (χ4n) is 0.496. The zero-order valence-electron chi connectivity index (χ0n) is 6.50. The highest BCUT2D eigenvalue weighted by molar-refractivity contribution is 8.03. The third kappa shape index (κ3) is 5.99. The average molecular weight is 172 g/mol. The molecule has 0 radical (unpaired) electrons. The summed E-state index contributed by atoms with van der Waals surface area (Å²) in [5, 5.41) is 17.0. The van der Waals surface area contributed by atoms with Crippen molar-refractivity contribution >= 4 is 11.8 Å². The summed E-state index contributed by atoms with van der Waals surface area (Å²) < 4.78 is 0. The van der Waals surface area contributed by atoms with Crippen LogP contribution in [0.25, 0.3) is 0 Å². The quantitative estimate of drug-likeness (QED) is 0.613. The summed E-state index contributed by atoms with van der Waals surface area (Å²) in [7, 11) is 0. The van der Waals surface area contributed by atoms with Crippen LogP contribution in [0.15, 0.2) is 11.0 Å². The molecule has 0 unspecified atom stereocenters. The number of hydrogen-bond donors (Lipinski definition) is 2. The predicted octanol–water partition coefficient (Wildman–Crippen LogP) is 0.611. The fraction of sp³-hybridized carbons (Fsp3) is 0.500. The molecule has 2 nitrogen and oxygen atoms in total. The minimum atomic E-state index is -0.133. The Morgan fingerprint density at radius 2 is 2.27 bits per heavy atom. The second kappa shape index (κ2) is 7.67. The molecule has 0 saturated carbocycles. The number of thioether (sulfide) groups is 1. The molecule has 11 heavy (non-hydrogen) atoms. The van der Waals surface area contributed by atoms with E-state index in [2.05, 4.69) is 11.8 Å². The molecule has 2 N–H and O–H groups in total. The first kappa shape index (κ1) is 10.6. The van der Waals surface area contributed by atoms with Gasteiger partial charge >= 0.3 is 0 Å². The molecule has 0 fully saturated rings. The number of aliphatic hydroxyl groups excluding tert-OH is 2. The van der Waals surface area contributed by atoms with Gasteiger partial charge in [0.05, 0.1) is 6.61 Å². The van der Waals surface area contributed by atoms with Crippen LogP contribution in [0.1, 0.15) is 6.92 Å².